The van der Waals surface area contributed by atoms with Gasteiger partial charge in [-0.2, -0.15) is 0 Å². The Kier molecular flexibility index (Phi) is 4.69. The van der Waals surface area contributed by atoms with E-state index < -0.39 is 0 Å². The fourth-order valence-corrected chi connectivity index (χ4v) is 3.06. The Morgan fingerprint density at radius 2 is 2.00 bits per heavy atom. The second-order valence-corrected chi connectivity index (χ2v) is 7.12. The summed E-state index contributed by atoms with van der Waals surface area (Å²) < 4.78 is 6.12. The number of nitrogens with one attached hydrogen (secondary N) is 2. The van der Waals surface area contributed by atoms with Gasteiger partial charge in [0.25, 0.3) is 0 Å². The van der Waals surface area contributed by atoms with Gasteiger partial charge in [-0.25, -0.2) is 9.64 Å². The van der Waals surface area contributed by atoms with Crippen LogP contribution in [0.2, 0.25) is 0 Å². The summed E-state index contributed by atoms with van der Waals surface area (Å²) in [5.74, 6) is 1.07. The smallest absolute Gasteiger partial charge is 0.319 e. The second-order valence-electron chi connectivity index (χ2n) is 7.12. The van der Waals surface area contributed by atoms with Crippen LogP contribution in [0.1, 0.15) is 24.0 Å². The standard InChI is InChI=1S/C22H20N4O3/c1-12-13(2)20(7-6-16(12)26-22(28)25-14-4-5-14)29-21-8-9-24-17-11-19(27)18(23-3)10-15(17)21/h6-11,14,27H,4-5H2,1-2H3,(H2,25,26,28). The second kappa shape index (κ2) is 7.32. The summed E-state index contributed by atoms with van der Waals surface area (Å²) in [7, 11) is 0. The molecule has 3 aromatic rings. The van der Waals surface area contributed by atoms with Crippen LogP contribution in [0.3, 0.4) is 0 Å². The third kappa shape index (κ3) is 3.78. The summed E-state index contributed by atoms with van der Waals surface area (Å²) in [6.45, 7) is 11.1. The Morgan fingerprint density at radius 1 is 1.21 bits per heavy atom. The minimum atomic E-state index is -0.199. The number of hydrogen-bond acceptors (Lipinski definition) is 4. The molecule has 2 amide bonds. The van der Waals surface area contributed by atoms with E-state index in [1.807, 2.05) is 19.9 Å². The predicted molar refractivity (Wildman–Crippen MR) is 111 cm³/mol. The molecular weight excluding hydrogens is 368 g/mol. The number of fused-ring (bicyclic) bond motifs is 1. The third-order valence-corrected chi connectivity index (χ3v) is 5.04. The summed E-state index contributed by atoms with van der Waals surface area (Å²) in [6, 6.07) is 8.45. The number of hydrogen-bond donors (Lipinski definition) is 3. The van der Waals surface area contributed by atoms with Gasteiger partial charge in [-0.15, -0.1) is 0 Å². The zero-order chi connectivity index (χ0) is 20.5. The summed E-state index contributed by atoms with van der Waals surface area (Å²) >= 11 is 0. The van der Waals surface area contributed by atoms with Crippen LogP contribution < -0.4 is 15.4 Å². The minimum absolute atomic E-state index is 0.107. The maximum absolute atomic E-state index is 12.0. The normalized spacial score (nSPS) is 13.0. The average Bonchev–Trinajstić information content (AvgIpc) is 3.51. The number of ether oxygens (including phenoxy) is 1. The first-order chi connectivity index (χ1) is 14.0. The number of amides is 2. The number of carbonyl (C=O) groups is 1. The quantitative estimate of drug-likeness (QED) is 0.537. The topological polar surface area (TPSA) is 87.8 Å². The molecule has 0 bridgehead atoms. The van der Waals surface area contributed by atoms with Crippen molar-refractivity contribution in [3.8, 4) is 17.2 Å². The number of aromatic nitrogens is 1. The van der Waals surface area contributed by atoms with E-state index in [-0.39, 0.29) is 17.5 Å². The van der Waals surface area contributed by atoms with E-state index >= 15 is 0 Å². The molecule has 29 heavy (non-hydrogen) atoms. The maximum Gasteiger partial charge on any atom is 0.319 e. The van der Waals surface area contributed by atoms with Gasteiger partial charge >= 0.3 is 6.03 Å². The zero-order valence-electron chi connectivity index (χ0n) is 16.1. The third-order valence-electron chi connectivity index (χ3n) is 5.04. The van der Waals surface area contributed by atoms with Gasteiger partial charge in [-0.05, 0) is 68.1 Å². The van der Waals surface area contributed by atoms with Crippen LogP contribution in [-0.4, -0.2) is 22.2 Å². The molecule has 7 heteroatoms. The highest BCUT2D eigenvalue weighted by molar-refractivity contribution is 5.92. The summed E-state index contributed by atoms with van der Waals surface area (Å²) in [6.07, 6.45) is 3.66. The molecule has 0 aliphatic heterocycles. The fraction of sp³-hybridized carbons (Fsp3) is 0.227. The predicted octanol–water partition coefficient (Wildman–Crippen LogP) is 5.18. The van der Waals surface area contributed by atoms with E-state index in [1.54, 1.807) is 24.4 Å². The van der Waals surface area contributed by atoms with E-state index in [9.17, 15) is 9.90 Å². The van der Waals surface area contributed by atoms with E-state index in [4.69, 9.17) is 11.3 Å². The molecule has 146 valence electrons. The Bertz CT molecular complexity index is 1160. The molecule has 4 rings (SSSR count). The molecule has 1 aliphatic rings. The number of rotatable bonds is 4. The number of phenols is 1. The first-order valence-electron chi connectivity index (χ1n) is 9.31. The van der Waals surface area contributed by atoms with E-state index in [0.717, 1.165) is 29.7 Å². The number of carbonyl (C=O) groups excluding carboxylic acids is 1. The van der Waals surface area contributed by atoms with Crippen LogP contribution in [0.4, 0.5) is 16.2 Å². The van der Waals surface area contributed by atoms with Crippen molar-refractivity contribution < 1.29 is 14.6 Å². The first-order valence-corrected chi connectivity index (χ1v) is 9.31. The van der Waals surface area contributed by atoms with Crippen molar-refractivity contribution in [1.82, 2.24) is 10.3 Å². The van der Waals surface area contributed by atoms with Gasteiger partial charge in [0.2, 0.25) is 5.69 Å². The number of anilines is 1. The Hall–Kier alpha value is -3.79. The van der Waals surface area contributed by atoms with Gasteiger partial charge in [-0.1, -0.05) is 0 Å². The lowest BCUT2D eigenvalue weighted by Gasteiger charge is -2.16. The Morgan fingerprint density at radius 3 is 2.72 bits per heavy atom. The van der Waals surface area contributed by atoms with Gasteiger partial charge in [0, 0.05) is 23.3 Å². The number of phenolic OH excluding ortho intramolecular Hbond substituents is 1. The van der Waals surface area contributed by atoms with Crippen molar-refractivity contribution >= 4 is 28.3 Å². The molecule has 1 saturated carbocycles. The molecular formula is C22H20N4O3. The monoisotopic (exact) mass is 388 g/mol. The van der Waals surface area contributed by atoms with Crippen LogP contribution in [0.5, 0.6) is 17.2 Å². The highest BCUT2D eigenvalue weighted by Crippen LogP contribution is 2.38. The number of nitrogens with zero attached hydrogens (tertiary/aromatic N) is 2. The van der Waals surface area contributed by atoms with Crippen LogP contribution >= 0.6 is 0 Å². The molecule has 7 nitrogen and oxygen atoms in total. The van der Waals surface area contributed by atoms with Crippen molar-refractivity contribution in [1.29, 1.82) is 0 Å². The van der Waals surface area contributed by atoms with Crippen molar-refractivity contribution in [2.45, 2.75) is 32.7 Å². The molecule has 1 aliphatic carbocycles. The van der Waals surface area contributed by atoms with Gasteiger partial charge in [0.15, 0.2) is 0 Å². The average molecular weight is 388 g/mol. The van der Waals surface area contributed by atoms with Gasteiger partial charge in [0.05, 0.1) is 12.1 Å². The molecule has 0 radical (unpaired) electrons. The molecule has 1 fully saturated rings. The summed E-state index contributed by atoms with van der Waals surface area (Å²) in [4.78, 5) is 19.6. The molecule has 2 aromatic carbocycles. The summed E-state index contributed by atoms with van der Waals surface area (Å²) in [5, 5.41) is 16.3. The number of benzene rings is 2. The summed E-state index contributed by atoms with van der Waals surface area (Å²) in [5.41, 5.74) is 3.21. The van der Waals surface area contributed by atoms with E-state index in [2.05, 4.69) is 20.5 Å². The molecule has 0 saturated heterocycles. The first kappa shape index (κ1) is 18.6. The molecule has 0 atom stereocenters. The van der Waals surface area contributed by atoms with Crippen molar-refractivity contribution in [2.75, 3.05) is 5.32 Å². The van der Waals surface area contributed by atoms with E-state index in [1.165, 1.54) is 6.07 Å². The van der Waals surface area contributed by atoms with Crippen LogP contribution in [0, 0.1) is 20.4 Å². The van der Waals surface area contributed by atoms with Crippen LogP contribution in [0.25, 0.3) is 15.7 Å². The number of pyridine rings is 1. The van der Waals surface area contributed by atoms with Crippen molar-refractivity contribution in [3.63, 3.8) is 0 Å². The molecule has 1 heterocycles. The highest BCUT2D eigenvalue weighted by Gasteiger charge is 2.23. The van der Waals surface area contributed by atoms with Crippen molar-refractivity contribution in [2.24, 2.45) is 0 Å². The SMILES string of the molecule is [C-]#[N+]c1cc2c(Oc3ccc(NC(=O)NC4CC4)c(C)c3C)ccnc2cc1O. The minimum Gasteiger partial charge on any atom is -0.519 e. The fourth-order valence-electron chi connectivity index (χ4n) is 3.06. The number of urea groups is 1. The molecule has 0 unspecified atom stereocenters. The molecule has 1 aromatic heterocycles. The van der Waals surface area contributed by atoms with Crippen LogP contribution in [-0.2, 0) is 0 Å². The maximum atomic E-state index is 12.0. The highest BCUT2D eigenvalue weighted by atomic mass is 16.5. The van der Waals surface area contributed by atoms with Gasteiger partial charge in [-0.3, -0.25) is 4.98 Å². The zero-order valence-corrected chi connectivity index (χ0v) is 16.1. The van der Waals surface area contributed by atoms with Crippen molar-refractivity contribution in [3.05, 3.63) is 59.1 Å². The largest absolute Gasteiger partial charge is 0.519 e. The Balaban J connectivity index is 1.63. The van der Waals surface area contributed by atoms with Gasteiger partial charge in [0.1, 0.15) is 17.2 Å². The lowest BCUT2D eigenvalue weighted by Crippen LogP contribution is -2.30. The van der Waals surface area contributed by atoms with E-state index in [0.29, 0.717) is 28.4 Å². The number of aromatic hydroxyl groups is 1. The molecule has 0 spiro atoms. The lowest BCUT2D eigenvalue weighted by molar-refractivity contribution is 0.251. The molecule has 3 N–H and O–H groups in total. The van der Waals surface area contributed by atoms with Crippen LogP contribution in [0.15, 0.2) is 36.5 Å². The Labute approximate surface area is 168 Å². The van der Waals surface area contributed by atoms with Gasteiger partial charge < -0.3 is 20.5 Å². The lowest BCUT2D eigenvalue weighted by atomic mass is 10.1.